The van der Waals surface area contributed by atoms with Crippen molar-refractivity contribution >= 4 is 23.3 Å². The molecule has 1 saturated heterocycles. The summed E-state index contributed by atoms with van der Waals surface area (Å²) in [5.41, 5.74) is 1.88. The van der Waals surface area contributed by atoms with Crippen LogP contribution in [0.5, 0.6) is 0 Å². The SMILES string of the molecule is CCO[C@@]1(C)C[C@H]1NC(=O)NCc1cc(Cl)ccc1N1CCOCC1. The number of nitrogens with one attached hydrogen (secondary N) is 2. The third-order valence-corrected chi connectivity index (χ3v) is 5.03. The summed E-state index contributed by atoms with van der Waals surface area (Å²) in [5, 5.41) is 6.57. The van der Waals surface area contributed by atoms with Crippen LogP contribution in [0.4, 0.5) is 10.5 Å². The van der Waals surface area contributed by atoms with Crippen molar-refractivity contribution in [2.24, 2.45) is 0 Å². The Kier molecular flexibility index (Phi) is 5.71. The minimum absolute atomic E-state index is 0.0746. The van der Waals surface area contributed by atoms with E-state index in [2.05, 4.69) is 15.5 Å². The first-order valence-corrected chi connectivity index (χ1v) is 9.19. The van der Waals surface area contributed by atoms with Gasteiger partial charge in [0, 0.05) is 43.4 Å². The van der Waals surface area contributed by atoms with Crippen molar-refractivity contribution in [2.45, 2.75) is 38.5 Å². The van der Waals surface area contributed by atoms with Crippen molar-refractivity contribution in [2.75, 3.05) is 37.8 Å². The lowest BCUT2D eigenvalue weighted by Crippen LogP contribution is -2.40. The molecule has 7 heteroatoms. The molecule has 1 saturated carbocycles. The lowest BCUT2D eigenvalue weighted by Gasteiger charge is -2.30. The van der Waals surface area contributed by atoms with Gasteiger partial charge < -0.3 is 25.0 Å². The minimum Gasteiger partial charge on any atom is -0.378 e. The summed E-state index contributed by atoms with van der Waals surface area (Å²) in [6.45, 7) is 8.19. The zero-order chi connectivity index (χ0) is 17.9. The first-order valence-electron chi connectivity index (χ1n) is 8.81. The number of ether oxygens (including phenoxy) is 2. The van der Waals surface area contributed by atoms with E-state index in [4.69, 9.17) is 21.1 Å². The maximum absolute atomic E-state index is 12.2. The second-order valence-corrected chi connectivity index (χ2v) is 7.14. The molecule has 0 unspecified atom stereocenters. The Hall–Kier alpha value is -1.50. The minimum atomic E-state index is -0.221. The van der Waals surface area contributed by atoms with Gasteiger partial charge in [-0.2, -0.15) is 0 Å². The summed E-state index contributed by atoms with van der Waals surface area (Å²) in [4.78, 5) is 14.5. The van der Waals surface area contributed by atoms with E-state index < -0.39 is 0 Å². The molecule has 1 aromatic carbocycles. The van der Waals surface area contributed by atoms with E-state index in [1.807, 2.05) is 32.0 Å². The summed E-state index contributed by atoms with van der Waals surface area (Å²) in [5.74, 6) is 0. The van der Waals surface area contributed by atoms with Crippen molar-refractivity contribution in [1.29, 1.82) is 0 Å². The molecule has 1 aliphatic carbocycles. The summed E-state index contributed by atoms with van der Waals surface area (Å²) in [7, 11) is 0. The Bertz CT molecular complexity index is 622. The molecule has 2 amide bonds. The maximum atomic E-state index is 12.2. The second kappa shape index (κ2) is 7.81. The van der Waals surface area contributed by atoms with Crippen LogP contribution in [0, 0.1) is 0 Å². The topological polar surface area (TPSA) is 62.8 Å². The summed E-state index contributed by atoms with van der Waals surface area (Å²) >= 11 is 6.15. The van der Waals surface area contributed by atoms with Crippen molar-refractivity contribution in [3.05, 3.63) is 28.8 Å². The van der Waals surface area contributed by atoms with Gasteiger partial charge in [-0.05, 0) is 37.6 Å². The molecule has 2 fully saturated rings. The van der Waals surface area contributed by atoms with E-state index in [-0.39, 0.29) is 17.7 Å². The number of hydrogen-bond acceptors (Lipinski definition) is 4. The number of rotatable bonds is 6. The molecule has 2 aliphatic rings. The molecule has 0 aromatic heterocycles. The Balaban J connectivity index is 1.57. The quantitative estimate of drug-likeness (QED) is 0.811. The first kappa shape index (κ1) is 18.3. The molecule has 138 valence electrons. The third-order valence-electron chi connectivity index (χ3n) is 4.80. The Labute approximate surface area is 153 Å². The van der Waals surface area contributed by atoms with Gasteiger partial charge >= 0.3 is 6.03 Å². The van der Waals surface area contributed by atoms with E-state index in [1.165, 1.54) is 0 Å². The number of carbonyl (C=O) groups is 1. The average molecular weight is 368 g/mol. The fourth-order valence-electron chi connectivity index (χ4n) is 3.23. The van der Waals surface area contributed by atoms with Crippen LogP contribution in [0.25, 0.3) is 0 Å². The van der Waals surface area contributed by atoms with Crippen LogP contribution in [0.15, 0.2) is 18.2 Å². The third kappa shape index (κ3) is 4.57. The van der Waals surface area contributed by atoms with E-state index in [9.17, 15) is 4.79 Å². The zero-order valence-electron chi connectivity index (χ0n) is 14.8. The molecule has 25 heavy (non-hydrogen) atoms. The monoisotopic (exact) mass is 367 g/mol. The molecule has 1 aromatic rings. The van der Waals surface area contributed by atoms with Crippen LogP contribution in [0.1, 0.15) is 25.8 Å². The molecule has 0 radical (unpaired) electrons. The van der Waals surface area contributed by atoms with Crippen LogP contribution >= 0.6 is 11.6 Å². The predicted octanol–water partition coefficient (Wildman–Crippen LogP) is 2.54. The van der Waals surface area contributed by atoms with Gasteiger partial charge in [0.2, 0.25) is 0 Å². The summed E-state index contributed by atoms with van der Waals surface area (Å²) in [6.07, 6.45) is 0.852. The van der Waals surface area contributed by atoms with Gasteiger partial charge in [0.25, 0.3) is 0 Å². The maximum Gasteiger partial charge on any atom is 0.315 e. The van der Waals surface area contributed by atoms with Gasteiger partial charge in [0.05, 0.1) is 24.9 Å². The van der Waals surface area contributed by atoms with E-state index in [0.29, 0.717) is 31.4 Å². The lowest BCUT2D eigenvalue weighted by molar-refractivity contribution is 0.0492. The van der Waals surface area contributed by atoms with E-state index in [1.54, 1.807) is 0 Å². The fourth-order valence-corrected chi connectivity index (χ4v) is 3.43. The predicted molar refractivity (Wildman–Crippen MR) is 98.3 cm³/mol. The van der Waals surface area contributed by atoms with E-state index >= 15 is 0 Å². The number of amides is 2. The van der Waals surface area contributed by atoms with Crippen LogP contribution in [0.2, 0.25) is 5.02 Å². The van der Waals surface area contributed by atoms with Gasteiger partial charge in [-0.25, -0.2) is 4.79 Å². The number of halogens is 1. The number of nitrogens with zero attached hydrogens (tertiary/aromatic N) is 1. The average Bonchev–Trinajstić information content (AvgIpc) is 3.23. The highest BCUT2D eigenvalue weighted by Gasteiger charge is 2.52. The molecule has 0 bridgehead atoms. The van der Waals surface area contributed by atoms with Crippen molar-refractivity contribution in [1.82, 2.24) is 10.6 Å². The van der Waals surface area contributed by atoms with Gasteiger partial charge in [-0.1, -0.05) is 11.6 Å². The largest absolute Gasteiger partial charge is 0.378 e. The molecular weight excluding hydrogens is 342 g/mol. The molecule has 2 atom stereocenters. The standard InChI is InChI=1S/C18H26ClN3O3/c1-3-25-18(2)11-16(18)21-17(23)20-12-13-10-14(19)4-5-15(13)22-6-8-24-9-7-22/h4-5,10,16H,3,6-9,11-12H2,1-2H3,(H2,20,21,23)/t16-,18+/m1/s1. The lowest BCUT2D eigenvalue weighted by atomic mass is 10.1. The van der Waals surface area contributed by atoms with Crippen LogP contribution in [-0.4, -0.2) is 50.6 Å². The smallest absolute Gasteiger partial charge is 0.315 e. The second-order valence-electron chi connectivity index (χ2n) is 6.70. The highest BCUT2D eigenvalue weighted by molar-refractivity contribution is 6.30. The number of morpholine rings is 1. The molecule has 2 N–H and O–H groups in total. The normalized spacial score (nSPS) is 25.6. The highest BCUT2D eigenvalue weighted by Crippen LogP contribution is 2.39. The van der Waals surface area contributed by atoms with E-state index in [0.717, 1.165) is 30.8 Å². The molecule has 6 nitrogen and oxygen atoms in total. The number of urea groups is 1. The Morgan fingerprint density at radius 3 is 2.92 bits per heavy atom. The zero-order valence-corrected chi connectivity index (χ0v) is 15.6. The van der Waals surface area contributed by atoms with Crippen molar-refractivity contribution in [3.8, 4) is 0 Å². The number of carbonyl (C=O) groups excluding carboxylic acids is 1. The fraction of sp³-hybridized carbons (Fsp3) is 0.611. The van der Waals surface area contributed by atoms with Gasteiger partial charge in [0.15, 0.2) is 0 Å². The molecule has 3 rings (SSSR count). The molecule has 0 spiro atoms. The highest BCUT2D eigenvalue weighted by atomic mass is 35.5. The van der Waals surface area contributed by atoms with Gasteiger partial charge in [-0.3, -0.25) is 0 Å². The van der Waals surface area contributed by atoms with Crippen LogP contribution in [0.3, 0.4) is 0 Å². The number of anilines is 1. The summed E-state index contributed by atoms with van der Waals surface area (Å²) < 4.78 is 11.1. The van der Waals surface area contributed by atoms with Crippen molar-refractivity contribution in [3.63, 3.8) is 0 Å². The Morgan fingerprint density at radius 2 is 2.20 bits per heavy atom. The molecular formula is C18H26ClN3O3. The molecule has 1 heterocycles. The Morgan fingerprint density at radius 1 is 1.44 bits per heavy atom. The van der Waals surface area contributed by atoms with Crippen LogP contribution in [-0.2, 0) is 16.0 Å². The van der Waals surface area contributed by atoms with Gasteiger partial charge in [0.1, 0.15) is 0 Å². The molecule has 1 aliphatic heterocycles. The number of hydrogen-bond donors (Lipinski definition) is 2. The first-order chi connectivity index (χ1) is 12.0. The van der Waals surface area contributed by atoms with Gasteiger partial charge in [-0.15, -0.1) is 0 Å². The summed E-state index contributed by atoms with van der Waals surface area (Å²) in [6, 6.07) is 5.70. The van der Waals surface area contributed by atoms with Crippen LogP contribution < -0.4 is 15.5 Å². The number of benzene rings is 1. The van der Waals surface area contributed by atoms with Crippen molar-refractivity contribution < 1.29 is 14.3 Å².